The third-order valence-electron chi connectivity index (χ3n) is 5.63. The van der Waals surface area contributed by atoms with Gasteiger partial charge in [-0.2, -0.15) is 0 Å². The summed E-state index contributed by atoms with van der Waals surface area (Å²) in [6.45, 7) is 9.87. The highest BCUT2D eigenvalue weighted by atomic mass is 16.2. The van der Waals surface area contributed by atoms with Gasteiger partial charge in [0.2, 0.25) is 0 Å². The number of aromatic nitrogens is 3. The van der Waals surface area contributed by atoms with E-state index in [9.17, 15) is 4.79 Å². The highest BCUT2D eigenvalue weighted by Gasteiger charge is 2.31. The molecule has 1 aliphatic heterocycles. The molecule has 1 fully saturated rings. The number of fused-ring (bicyclic) bond motifs is 1. The number of pyridine rings is 1. The minimum atomic E-state index is -0.0420. The molecule has 0 bridgehead atoms. The second kappa shape index (κ2) is 7.26. The van der Waals surface area contributed by atoms with E-state index in [1.807, 2.05) is 35.4 Å². The zero-order chi connectivity index (χ0) is 19.8. The number of aryl methyl sites for hydroxylation is 2. The van der Waals surface area contributed by atoms with Gasteiger partial charge in [0, 0.05) is 36.9 Å². The van der Waals surface area contributed by atoms with Crippen LogP contribution in [-0.4, -0.2) is 38.6 Å². The van der Waals surface area contributed by atoms with Crippen LogP contribution in [0, 0.1) is 13.8 Å². The van der Waals surface area contributed by atoms with Gasteiger partial charge >= 0.3 is 6.03 Å². The lowest BCUT2D eigenvalue weighted by Crippen LogP contribution is -2.33. The topological polar surface area (TPSA) is 63.1 Å². The molecule has 3 aromatic rings. The first kappa shape index (κ1) is 18.5. The van der Waals surface area contributed by atoms with Crippen molar-refractivity contribution in [2.75, 3.05) is 18.4 Å². The number of rotatable bonds is 3. The number of anilines is 1. The Morgan fingerprint density at radius 2 is 2.04 bits per heavy atom. The van der Waals surface area contributed by atoms with Crippen LogP contribution in [0.1, 0.15) is 49.2 Å². The second-order valence-electron chi connectivity index (χ2n) is 7.96. The zero-order valence-corrected chi connectivity index (χ0v) is 16.9. The fourth-order valence-electron chi connectivity index (χ4n) is 3.97. The number of likely N-dealkylation sites (tertiary alicyclic amines) is 1. The Balaban J connectivity index is 1.52. The molecule has 1 N–H and O–H groups in total. The average molecular weight is 377 g/mol. The van der Waals surface area contributed by atoms with Crippen LogP contribution in [-0.2, 0) is 0 Å². The number of urea groups is 1. The molecule has 0 saturated carbocycles. The van der Waals surface area contributed by atoms with Crippen molar-refractivity contribution in [3.63, 3.8) is 0 Å². The first-order chi connectivity index (χ1) is 13.4. The summed E-state index contributed by atoms with van der Waals surface area (Å²) in [5.74, 6) is 1.29. The number of nitrogens with zero attached hydrogens (tertiary/aromatic N) is 4. The number of benzene rings is 1. The van der Waals surface area contributed by atoms with E-state index in [0.29, 0.717) is 12.6 Å². The molecule has 1 aromatic carbocycles. The van der Waals surface area contributed by atoms with E-state index in [0.717, 1.165) is 35.5 Å². The quantitative estimate of drug-likeness (QED) is 0.723. The minimum Gasteiger partial charge on any atom is -0.324 e. The number of nitrogens with one attached hydrogen (secondary N) is 1. The van der Waals surface area contributed by atoms with Crippen molar-refractivity contribution in [3.05, 3.63) is 53.6 Å². The fraction of sp³-hybridized carbons (Fsp3) is 0.409. The van der Waals surface area contributed by atoms with Gasteiger partial charge in [-0.15, -0.1) is 0 Å². The van der Waals surface area contributed by atoms with Gasteiger partial charge in [-0.3, -0.25) is 4.98 Å². The highest BCUT2D eigenvalue weighted by Crippen LogP contribution is 2.31. The maximum Gasteiger partial charge on any atom is 0.321 e. The SMILES string of the molecule is Cc1ccc(NC(=O)N2CCC(c3nc4ccncc4n3C(C)C)C2)cc1C. The largest absolute Gasteiger partial charge is 0.324 e. The Hall–Kier alpha value is -2.89. The number of hydrogen-bond donors (Lipinski definition) is 1. The van der Waals surface area contributed by atoms with Crippen LogP contribution in [0.25, 0.3) is 11.0 Å². The summed E-state index contributed by atoms with van der Waals surface area (Å²) in [7, 11) is 0. The number of hydrogen-bond acceptors (Lipinski definition) is 3. The molecule has 1 atom stereocenters. The smallest absolute Gasteiger partial charge is 0.321 e. The van der Waals surface area contributed by atoms with Crippen LogP contribution < -0.4 is 5.32 Å². The van der Waals surface area contributed by atoms with Gasteiger partial charge in [-0.25, -0.2) is 9.78 Å². The third-order valence-corrected chi connectivity index (χ3v) is 5.63. The van der Waals surface area contributed by atoms with Crippen molar-refractivity contribution in [1.82, 2.24) is 19.4 Å². The predicted octanol–water partition coefficient (Wildman–Crippen LogP) is 4.65. The Kier molecular flexibility index (Phi) is 4.79. The lowest BCUT2D eigenvalue weighted by atomic mass is 10.1. The molecule has 3 heterocycles. The number of amides is 2. The molecule has 0 radical (unpaired) electrons. The predicted molar refractivity (Wildman–Crippen MR) is 112 cm³/mol. The van der Waals surface area contributed by atoms with Crippen molar-refractivity contribution >= 4 is 22.8 Å². The Morgan fingerprint density at radius 1 is 1.21 bits per heavy atom. The van der Waals surface area contributed by atoms with Gasteiger partial charge in [0.1, 0.15) is 5.82 Å². The van der Waals surface area contributed by atoms with Crippen molar-refractivity contribution in [3.8, 4) is 0 Å². The first-order valence-electron chi connectivity index (χ1n) is 9.89. The minimum absolute atomic E-state index is 0.0420. The van der Waals surface area contributed by atoms with Crippen LogP contribution in [0.2, 0.25) is 0 Å². The summed E-state index contributed by atoms with van der Waals surface area (Å²) in [6.07, 6.45) is 4.58. The molecule has 6 heteroatoms. The van der Waals surface area contributed by atoms with Gasteiger partial charge in [0.15, 0.2) is 0 Å². The molecule has 1 unspecified atom stereocenters. The molecule has 0 aliphatic carbocycles. The summed E-state index contributed by atoms with van der Waals surface area (Å²) in [5, 5.41) is 3.04. The van der Waals surface area contributed by atoms with Gasteiger partial charge in [0.05, 0.1) is 17.2 Å². The average Bonchev–Trinajstić information content (AvgIpc) is 3.29. The fourth-order valence-corrected chi connectivity index (χ4v) is 3.97. The molecule has 1 saturated heterocycles. The summed E-state index contributed by atoms with van der Waals surface area (Å²) in [5.41, 5.74) is 5.27. The molecular formula is C22H27N5O. The normalized spacial score (nSPS) is 16.9. The van der Waals surface area contributed by atoms with E-state index in [4.69, 9.17) is 4.98 Å². The molecule has 1 aliphatic rings. The van der Waals surface area contributed by atoms with E-state index in [1.54, 1.807) is 6.20 Å². The van der Waals surface area contributed by atoms with E-state index in [-0.39, 0.29) is 11.9 Å². The number of carbonyl (C=O) groups is 1. The molecule has 0 spiro atoms. The monoisotopic (exact) mass is 377 g/mol. The summed E-state index contributed by atoms with van der Waals surface area (Å²) < 4.78 is 2.26. The summed E-state index contributed by atoms with van der Waals surface area (Å²) in [6, 6.07) is 8.22. The van der Waals surface area contributed by atoms with Gasteiger partial charge in [0.25, 0.3) is 0 Å². The molecular weight excluding hydrogens is 350 g/mol. The zero-order valence-electron chi connectivity index (χ0n) is 16.9. The summed E-state index contributed by atoms with van der Waals surface area (Å²) >= 11 is 0. The molecule has 2 amide bonds. The van der Waals surface area contributed by atoms with Crippen LogP contribution in [0.15, 0.2) is 36.7 Å². The van der Waals surface area contributed by atoms with Gasteiger partial charge in [-0.1, -0.05) is 6.07 Å². The molecule has 4 rings (SSSR count). The molecule has 146 valence electrons. The Morgan fingerprint density at radius 3 is 2.79 bits per heavy atom. The number of imidazole rings is 1. The molecule has 28 heavy (non-hydrogen) atoms. The van der Waals surface area contributed by atoms with Crippen LogP contribution in [0.4, 0.5) is 10.5 Å². The maximum atomic E-state index is 12.8. The molecule has 6 nitrogen and oxygen atoms in total. The van der Waals surface area contributed by atoms with Crippen LogP contribution in [0.5, 0.6) is 0 Å². The maximum absolute atomic E-state index is 12.8. The van der Waals surface area contributed by atoms with Crippen molar-refractivity contribution in [2.45, 2.75) is 46.1 Å². The van der Waals surface area contributed by atoms with Crippen molar-refractivity contribution in [2.24, 2.45) is 0 Å². The second-order valence-corrected chi connectivity index (χ2v) is 7.96. The van der Waals surface area contributed by atoms with Gasteiger partial charge in [-0.05, 0) is 63.4 Å². The number of carbonyl (C=O) groups excluding carboxylic acids is 1. The first-order valence-corrected chi connectivity index (χ1v) is 9.89. The van der Waals surface area contributed by atoms with Crippen molar-refractivity contribution in [1.29, 1.82) is 0 Å². The van der Waals surface area contributed by atoms with Gasteiger partial charge < -0.3 is 14.8 Å². The van der Waals surface area contributed by atoms with E-state index >= 15 is 0 Å². The van der Waals surface area contributed by atoms with E-state index in [2.05, 4.69) is 42.6 Å². The highest BCUT2D eigenvalue weighted by molar-refractivity contribution is 5.89. The summed E-state index contributed by atoms with van der Waals surface area (Å²) in [4.78, 5) is 23.8. The lowest BCUT2D eigenvalue weighted by molar-refractivity contribution is 0.222. The Labute approximate surface area is 165 Å². The third kappa shape index (κ3) is 3.35. The standard InChI is InChI=1S/C22H27N5O/c1-14(2)27-20-12-23-9-7-19(20)25-21(27)17-8-10-26(13-17)22(28)24-18-6-5-15(3)16(4)11-18/h5-7,9,11-12,14,17H,8,10,13H2,1-4H3,(H,24,28). The van der Waals surface area contributed by atoms with E-state index in [1.165, 1.54) is 11.1 Å². The van der Waals surface area contributed by atoms with E-state index < -0.39 is 0 Å². The van der Waals surface area contributed by atoms with Crippen LogP contribution in [0.3, 0.4) is 0 Å². The molecule has 2 aromatic heterocycles. The lowest BCUT2D eigenvalue weighted by Gasteiger charge is -2.19. The Bertz CT molecular complexity index is 1020. The van der Waals surface area contributed by atoms with Crippen molar-refractivity contribution < 1.29 is 4.79 Å². The van der Waals surface area contributed by atoms with Crippen LogP contribution >= 0.6 is 0 Å².